The molecule has 0 amide bonds. The van der Waals surface area contributed by atoms with Crippen molar-refractivity contribution in [3.8, 4) is 0 Å². The molecule has 0 aliphatic heterocycles. The summed E-state index contributed by atoms with van der Waals surface area (Å²) in [7, 11) is -3.52. The third-order valence-electron chi connectivity index (χ3n) is 1.82. The van der Waals surface area contributed by atoms with Crippen LogP contribution in [-0.2, 0) is 14.8 Å². The minimum Gasteiger partial charge on any atom is -0.380 e. The van der Waals surface area contributed by atoms with Crippen molar-refractivity contribution < 1.29 is 13.2 Å². The number of halogens is 2. The Labute approximate surface area is 118 Å². The molecule has 1 aromatic rings. The molecule has 1 heterocycles. The van der Waals surface area contributed by atoms with Crippen LogP contribution in [0.2, 0.25) is 5.02 Å². The maximum atomic E-state index is 11.9. The van der Waals surface area contributed by atoms with Gasteiger partial charge in [0.25, 0.3) is 0 Å². The Hall–Kier alpha value is 0.340. The lowest BCUT2D eigenvalue weighted by atomic mass is 10.4. The fourth-order valence-electron chi connectivity index (χ4n) is 1.11. The van der Waals surface area contributed by atoms with Crippen molar-refractivity contribution in [2.75, 3.05) is 13.2 Å². The van der Waals surface area contributed by atoms with Gasteiger partial charge in [0.05, 0.1) is 15.4 Å². The van der Waals surface area contributed by atoms with Gasteiger partial charge >= 0.3 is 0 Å². The molecule has 98 valence electrons. The smallest absolute Gasteiger partial charge is 0.250 e. The summed E-state index contributed by atoms with van der Waals surface area (Å²) in [5.74, 6) is 0. The Morgan fingerprint density at radius 1 is 1.65 bits per heavy atom. The van der Waals surface area contributed by atoms with Gasteiger partial charge in [-0.25, -0.2) is 13.1 Å². The first-order chi connectivity index (χ1) is 7.86. The summed E-state index contributed by atoms with van der Waals surface area (Å²) in [4.78, 5) is 0. The Morgan fingerprint density at radius 3 is 2.76 bits per heavy atom. The Morgan fingerprint density at radius 2 is 2.29 bits per heavy atom. The average Bonchev–Trinajstić information content (AvgIpc) is 2.56. The maximum absolute atomic E-state index is 11.9. The highest BCUT2D eigenvalue weighted by atomic mass is 79.9. The average molecular weight is 363 g/mol. The minimum absolute atomic E-state index is 0.192. The second-order valence-electron chi connectivity index (χ2n) is 3.37. The van der Waals surface area contributed by atoms with E-state index in [-0.39, 0.29) is 10.3 Å². The van der Waals surface area contributed by atoms with E-state index < -0.39 is 10.0 Å². The summed E-state index contributed by atoms with van der Waals surface area (Å²) in [5, 5.41) is 0.396. The lowest BCUT2D eigenvalue weighted by Crippen LogP contribution is -2.35. The molecule has 1 atom stereocenters. The van der Waals surface area contributed by atoms with Crippen molar-refractivity contribution in [3.63, 3.8) is 0 Å². The van der Waals surface area contributed by atoms with E-state index in [9.17, 15) is 8.42 Å². The third-order valence-corrected chi connectivity index (χ3v) is 6.35. The molecule has 17 heavy (non-hydrogen) atoms. The molecular weight excluding hydrogens is 350 g/mol. The van der Waals surface area contributed by atoms with E-state index >= 15 is 0 Å². The molecule has 0 fully saturated rings. The highest BCUT2D eigenvalue weighted by Gasteiger charge is 2.21. The molecule has 0 saturated carbocycles. The van der Waals surface area contributed by atoms with Gasteiger partial charge < -0.3 is 4.74 Å². The second kappa shape index (κ2) is 6.49. The largest absolute Gasteiger partial charge is 0.380 e. The summed E-state index contributed by atoms with van der Waals surface area (Å²) < 4.78 is 32.3. The van der Waals surface area contributed by atoms with Crippen LogP contribution in [-0.4, -0.2) is 27.7 Å². The van der Waals surface area contributed by atoms with Gasteiger partial charge in [0, 0.05) is 12.6 Å². The normalized spacial score (nSPS) is 13.9. The van der Waals surface area contributed by atoms with Gasteiger partial charge in [0.2, 0.25) is 10.0 Å². The second-order valence-corrected chi connectivity index (χ2v) is 8.09. The van der Waals surface area contributed by atoms with E-state index in [2.05, 4.69) is 20.7 Å². The molecule has 0 radical (unpaired) electrons. The fraction of sp³-hybridized carbons (Fsp3) is 0.556. The van der Waals surface area contributed by atoms with Crippen LogP contribution in [0.15, 0.2) is 14.1 Å². The van der Waals surface area contributed by atoms with Gasteiger partial charge in [-0.2, -0.15) is 0 Å². The van der Waals surface area contributed by atoms with Crippen molar-refractivity contribution in [1.82, 2.24) is 4.72 Å². The summed E-state index contributed by atoms with van der Waals surface area (Å²) in [6.45, 7) is 4.51. The Balaban J connectivity index is 2.75. The van der Waals surface area contributed by atoms with Crippen molar-refractivity contribution in [1.29, 1.82) is 0 Å². The Kier molecular flexibility index (Phi) is 5.88. The fourth-order valence-corrected chi connectivity index (χ4v) is 4.75. The molecule has 0 bridgehead atoms. The van der Waals surface area contributed by atoms with Crippen molar-refractivity contribution in [2.45, 2.75) is 24.1 Å². The summed E-state index contributed by atoms with van der Waals surface area (Å²) >= 11 is 10.1. The van der Waals surface area contributed by atoms with Gasteiger partial charge in [-0.3, -0.25) is 0 Å². The summed E-state index contributed by atoms with van der Waals surface area (Å²) in [6.07, 6.45) is 0. The van der Waals surface area contributed by atoms with E-state index in [1.165, 1.54) is 6.07 Å². The number of hydrogen-bond acceptors (Lipinski definition) is 4. The zero-order chi connectivity index (χ0) is 13.1. The first-order valence-electron chi connectivity index (χ1n) is 4.91. The van der Waals surface area contributed by atoms with E-state index in [0.29, 0.717) is 22.0 Å². The zero-order valence-electron chi connectivity index (χ0n) is 9.37. The van der Waals surface area contributed by atoms with Crippen molar-refractivity contribution in [3.05, 3.63) is 14.9 Å². The van der Waals surface area contributed by atoms with E-state index in [1.54, 1.807) is 6.92 Å². The SMILES string of the molecule is CCOCC(C)NS(=O)(=O)c1cc(Cl)c(Br)s1. The Bertz CT molecular complexity index is 455. The quantitative estimate of drug-likeness (QED) is 0.846. The minimum atomic E-state index is -3.52. The number of hydrogen-bond donors (Lipinski definition) is 1. The highest BCUT2D eigenvalue weighted by molar-refractivity contribution is 9.11. The summed E-state index contributed by atoms with van der Waals surface area (Å²) in [5.41, 5.74) is 0. The van der Waals surface area contributed by atoms with E-state index in [0.717, 1.165) is 11.3 Å². The van der Waals surface area contributed by atoms with Crippen LogP contribution in [0.25, 0.3) is 0 Å². The topological polar surface area (TPSA) is 55.4 Å². The van der Waals surface area contributed by atoms with Crippen LogP contribution < -0.4 is 4.72 Å². The molecular formula is C9H13BrClNO3S2. The molecule has 1 N–H and O–H groups in total. The van der Waals surface area contributed by atoms with Crippen LogP contribution >= 0.6 is 38.9 Å². The predicted molar refractivity (Wildman–Crippen MR) is 73.3 cm³/mol. The predicted octanol–water partition coefficient (Wildman–Crippen LogP) is 2.87. The van der Waals surface area contributed by atoms with Crippen LogP contribution in [0, 0.1) is 0 Å². The standard InChI is InChI=1S/C9H13BrClNO3S2/c1-3-15-5-6(2)12-17(13,14)8-4-7(11)9(10)16-8/h4,6,12H,3,5H2,1-2H3. The summed E-state index contributed by atoms with van der Waals surface area (Å²) in [6, 6.07) is 1.14. The van der Waals surface area contributed by atoms with E-state index in [1.807, 2.05) is 6.92 Å². The maximum Gasteiger partial charge on any atom is 0.250 e. The molecule has 0 aliphatic rings. The van der Waals surface area contributed by atoms with Crippen LogP contribution in [0.1, 0.15) is 13.8 Å². The number of rotatable bonds is 6. The van der Waals surface area contributed by atoms with Gasteiger partial charge in [-0.1, -0.05) is 11.6 Å². The van der Waals surface area contributed by atoms with Crippen LogP contribution in [0.5, 0.6) is 0 Å². The van der Waals surface area contributed by atoms with Crippen molar-refractivity contribution in [2.24, 2.45) is 0 Å². The molecule has 4 nitrogen and oxygen atoms in total. The molecule has 0 saturated heterocycles. The number of thiophene rings is 1. The molecule has 0 aliphatic carbocycles. The van der Waals surface area contributed by atoms with Gasteiger partial charge in [-0.05, 0) is 35.8 Å². The molecule has 1 unspecified atom stereocenters. The van der Waals surface area contributed by atoms with Gasteiger partial charge in [0.15, 0.2) is 0 Å². The number of sulfonamides is 1. The zero-order valence-corrected chi connectivity index (χ0v) is 13.3. The third kappa shape index (κ3) is 4.50. The molecule has 1 aromatic heterocycles. The lowest BCUT2D eigenvalue weighted by Gasteiger charge is -2.12. The number of ether oxygens (including phenoxy) is 1. The molecule has 1 rings (SSSR count). The monoisotopic (exact) mass is 361 g/mol. The van der Waals surface area contributed by atoms with E-state index in [4.69, 9.17) is 16.3 Å². The lowest BCUT2D eigenvalue weighted by molar-refractivity contribution is 0.133. The van der Waals surface area contributed by atoms with Gasteiger partial charge in [0.1, 0.15) is 4.21 Å². The molecule has 0 spiro atoms. The van der Waals surface area contributed by atoms with Gasteiger partial charge in [-0.15, -0.1) is 11.3 Å². The van der Waals surface area contributed by atoms with Crippen molar-refractivity contribution >= 4 is 48.9 Å². The van der Waals surface area contributed by atoms with Crippen LogP contribution in [0.4, 0.5) is 0 Å². The molecule has 8 heteroatoms. The highest BCUT2D eigenvalue weighted by Crippen LogP contribution is 2.34. The number of nitrogens with one attached hydrogen (secondary N) is 1. The first kappa shape index (κ1) is 15.4. The van der Waals surface area contributed by atoms with Crippen LogP contribution in [0.3, 0.4) is 0 Å². The first-order valence-corrected chi connectivity index (χ1v) is 8.38. The molecule has 0 aromatic carbocycles.